The number of nitrogens with zero attached hydrogens (tertiary/aromatic N) is 2. The van der Waals surface area contributed by atoms with Crippen LogP contribution in [0.25, 0.3) is 0 Å². The van der Waals surface area contributed by atoms with E-state index in [0.29, 0.717) is 0 Å². The third kappa shape index (κ3) is 5.65. The SMILES string of the molecule is CN(CCc1ccncc1)C(=O)C1CCCCN1.Cl.Cl. The van der Waals surface area contributed by atoms with Gasteiger partial charge in [-0.1, -0.05) is 6.42 Å². The monoisotopic (exact) mass is 319 g/mol. The maximum atomic E-state index is 12.2. The number of halogens is 2. The average Bonchev–Trinajstić information content (AvgIpc) is 2.46. The molecule has 1 aromatic rings. The fourth-order valence-electron chi connectivity index (χ4n) is 2.29. The molecule has 0 radical (unpaired) electrons. The molecular weight excluding hydrogens is 297 g/mol. The highest BCUT2D eigenvalue weighted by Gasteiger charge is 2.23. The molecule has 2 heterocycles. The molecular formula is C14H23Cl2N3O. The van der Waals surface area contributed by atoms with E-state index in [9.17, 15) is 4.79 Å². The number of rotatable bonds is 4. The first-order valence-corrected chi connectivity index (χ1v) is 6.64. The van der Waals surface area contributed by atoms with Crippen LogP contribution in [0.4, 0.5) is 0 Å². The van der Waals surface area contributed by atoms with E-state index < -0.39 is 0 Å². The number of hydrogen-bond donors (Lipinski definition) is 1. The number of nitrogens with one attached hydrogen (secondary N) is 1. The molecule has 1 aromatic heterocycles. The minimum absolute atomic E-state index is 0. The topological polar surface area (TPSA) is 45.2 Å². The van der Waals surface area contributed by atoms with Gasteiger partial charge >= 0.3 is 0 Å². The van der Waals surface area contributed by atoms with Crippen molar-refractivity contribution in [3.05, 3.63) is 30.1 Å². The third-order valence-electron chi connectivity index (χ3n) is 3.47. The van der Waals surface area contributed by atoms with Crippen LogP contribution in [0.5, 0.6) is 0 Å². The highest BCUT2D eigenvalue weighted by Crippen LogP contribution is 2.09. The van der Waals surface area contributed by atoms with Crippen molar-refractivity contribution in [2.24, 2.45) is 0 Å². The first-order chi connectivity index (χ1) is 8.77. The summed E-state index contributed by atoms with van der Waals surface area (Å²) in [4.78, 5) is 18.0. The molecule has 114 valence electrons. The highest BCUT2D eigenvalue weighted by molar-refractivity contribution is 5.85. The molecule has 1 unspecified atom stereocenters. The lowest BCUT2D eigenvalue weighted by molar-refractivity contribution is -0.132. The molecule has 1 atom stereocenters. The van der Waals surface area contributed by atoms with Crippen LogP contribution in [0, 0.1) is 0 Å². The maximum absolute atomic E-state index is 12.2. The van der Waals surface area contributed by atoms with Crippen LogP contribution in [0.15, 0.2) is 24.5 Å². The van der Waals surface area contributed by atoms with Gasteiger partial charge in [-0.3, -0.25) is 9.78 Å². The summed E-state index contributed by atoms with van der Waals surface area (Å²) in [5, 5.41) is 3.30. The van der Waals surface area contributed by atoms with Crippen LogP contribution in [-0.4, -0.2) is 42.0 Å². The van der Waals surface area contributed by atoms with Crippen LogP contribution in [0.2, 0.25) is 0 Å². The molecule has 6 heteroatoms. The van der Waals surface area contributed by atoms with Crippen molar-refractivity contribution in [1.82, 2.24) is 15.2 Å². The van der Waals surface area contributed by atoms with E-state index >= 15 is 0 Å². The minimum Gasteiger partial charge on any atom is -0.344 e. The molecule has 0 saturated carbocycles. The zero-order valence-corrected chi connectivity index (χ0v) is 13.4. The van der Waals surface area contributed by atoms with Gasteiger partial charge in [0.25, 0.3) is 0 Å². The number of pyridine rings is 1. The predicted octanol–water partition coefficient (Wildman–Crippen LogP) is 2.07. The number of piperidine rings is 1. The van der Waals surface area contributed by atoms with Gasteiger partial charge in [-0.05, 0) is 43.5 Å². The molecule has 1 aliphatic rings. The van der Waals surface area contributed by atoms with E-state index in [0.717, 1.165) is 32.4 Å². The Labute approximate surface area is 133 Å². The van der Waals surface area contributed by atoms with Crippen LogP contribution >= 0.6 is 24.8 Å². The van der Waals surface area contributed by atoms with Crippen molar-refractivity contribution in [1.29, 1.82) is 0 Å². The van der Waals surface area contributed by atoms with Crippen molar-refractivity contribution in [3.63, 3.8) is 0 Å². The van der Waals surface area contributed by atoms with Gasteiger partial charge in [-0.2, -0.15) is 0 Å². The molecule has 4 nitrogen and oxygen atoms in total. The molecule has 1 N–H and O–H groups in total. The average molecular weight is 320 g/mol. The van der Waals surface area contributed by atoms with Crippen molar-refractivity contribution in [3.8, 4) is 0 Å². The molecule has 1 amide bonds. The van der Waals surface area contributed by atoms with Crippen LogP contribution < -0.4 is 5.32 Å². The molecule has 1 fully saturated rings. The minimum atomic E-state index is 0. The van der Waals surface area contributed by atoms with E-state index in [4.69, 9.17) is 0 Å². The van der Waals surface area contributed by atoms with Crippen LogP contribution in [0.3, 0.4) is 0 Å². The number of likely N-dealkylation sites (N-methyl/N-ethyl adjacent to an activating group) is 1. The van der Waals surface area contributed by atoms with Crippen molar-refractivity contribution < 1.29 is 4.79 Å². The Morgan fingerprint density at radius 1 is 1.35 bits per heavy atom. The first-order valence-electron chi connectivity index (χ1n) is 6.64. The van der Waals surface area contributed by atoms with Crippen molar-refractivity contribution in [2.45, 2.75) is 31.7 Å². The largest absolute Gasteiger partial charge is 0.344 e. The Morgan fingerprint density at radius 2 is 2.05 bits per heavy atom. The number of aromatic nitrogens is 1. The number of hydrogen-bond acceptors (Lipinski definition) is 3. The normalized spacial score (nSPS) is 17.6. The summed E-state index contributed by atoms with van der Waals surface area (Å²) in [6.07, 6.45) is 7.78. The molecule has 20 heavy (non-hydrogen) atoms. The van der Waals surface area contributed by atoms with Gasteiger partial charge in [0.1, 0.15) is 0 Å². The second kappa shape index (κ2) is 9.97. The Kier molecular flexibility index (Phi) is 9.55. The smallest absolute Gasteiger partial charge is 0.239 e. The molecule has 0 bridgehead atoms. The van der Waals surface area contributed by atoms with Crippen molar-refractivity contribution in [2.75, 3.05) is 20.1 Å². The van der Waals surface area contributed by atoms with E-state index in [-0.39, 0.29) is 36.8 Å². The molecule has 0 spiro atoms. The quantitative estimate of drug-likeness (QED) is 0.924. The third-order valence-corrected chi connectivity index (χ3v) is 3.47. The summed E-state index contributed by atoms with van der Waals surface area (Å²) in [5.41, 5.74) is 1.22. The Morgan fingerprint density at radius 3 is 2.65 bits per heavy atom. The fourth-order valence-corrected chi connectivity index (χ4v) is 2.29. The summed E-state index contributed by atoms with van der Waals surface area (Å²) in [6.45, 7) is 1.73. The lowest BCUT2D eigenvalue weighted by atomic mass is 10.0. The summed E-state index contributed by atoms with van der Waals surface area (Å²) in [6, 6.07) is 4.02. The van der Waals surface area contributed by atoms with E-state index in [1.165, 1.54) is 12.0 Å². The van der Waals surface area contributed by atoms with Gasteiger partial charge in [0.2, 0.25) is 5.91 Å². The van der Waals surface area contributed by atoms with Crippen LogP contribution in [-0.2, 0) is 11.2 Å². The van der Waals surface area contributed by atoms with Gasteiger partial charge in [0.15, 0.2) is 0 Å². The van der Waals surface area contributed by atoms with Gasteiger partial charge in [-0.25, -0.2) is 0 Å². The summed E-state index contributed by atoms with van der Waals surface area (Å²) in [7, 11) is 1.89. The lowest BCUT2D eigenvalue weighted by Crippen LogP contribution is -2.47. The summed E-state index contributed by atoms with van der Waals surface area (Å²) < 4.78 is 0. The maximum Gasteiger partial charge on any atom is 0.239 e. The molecule has 1 aliphatic heterocycles. The number of carbonyl (C=O) groups is 1. The van der Waals surface area contributed by atoms with E-state index in [2.05, 4.69) is 10.3 Å². The number of carbonyl (C=O) groups excluding carboxylic acids is 1. The second-order valence-corrected chi connectivity index (χ2v) is 4.87. The Bertz CT molecular complexity index is 383. The van der Waals surface area contributed by atoms with Crippen LogP contribution in [0.1, 0.15) is 24.8 Å². The Balaban J connectivity index is 0.00000180. The van der Waals surface area contributed by atoms with E-state index in [1.807, 2.05) is 24.1 Å². The first kappa shape index (κ1) is 19.2. The fraction of sp³-hybridized carbons (Fsp3) is 0.571. The second-order valence-electron chi connectivity index (χ2n) is 4.87. The van der Waals surface area contributed by atoms with Gasteiger partial charge in [-0.15, -0.1) is 24.8 Å². The Hall–Kier alpha value is -0.840. The molecule has 0 aliphatic carbocycles. The predicted molar refractivity (Wildman–Crippen MR) is 85.7 cm³/mol. The summed E-state index contributed by atoms with van der Waals surface area (Å²) in [5.74, 6) is 0.226. The summed E-state index contributed by atoms with van der Waals surface area (Å²) >= 11 is 0. The molecule has 0 aromatic carbocycles. The molecule has 1 saturated heterocycles. The lowest BCUT2D eigenvalue weighted by Gasteiger charge is -2.27. The van der Waals surface area contributed by atoms with Gasteiger partial charge < -0.3 is 10.2 Å². The van der Waals surface area contributed by atoms with Crippen molar-refractivity contribution >= 4 is 30.7 Å². The van der Waals surface area contributed by atoms with E-state index in [1.54, 1.807) is 12.4 Å². The van der Waals surface area contributed by atoms with Gasteiger partial charge in [0.05, 0.1) is 6.04 Å². The zero-order chi connectivity index (χ0) is 12.8. The van der Waals surface area contributed by atoms with Gasteiger partial charge in [0, 0.05) is 26.0 Å². The number of amides is 1. The standard InChI is InChI=1S/C14H21N3O.2ClH/c1-17(11-7-12-5-9-15-10-6-12)14(18)13-4-2-3-8-16-13;;/h5-6,9-10,13,16H,2-4,7-8,11H2,1H3;2*1H. The highest BCUT2D eigenvalue weighted by atomic mass is 35.5. The molecule has 2 rings (SSSR count). The zero-order valence-electron chi connectivity index (χ0n) is 11.7.